The van der Waals surface area contributed by atoms with E-state index in [1.807, 2.05) is 0 Å². The fourth-order valence-corrected chi connectivity index (χ4v) is 2.35. The second kappa shape index (κ2) is 8.08. The Hall–Kier alpha value is -2.18. The molecule has 4 nitrogen and oxygen atoms in total. The van der Waals surface area contributed by atoms with Crippen LogP contribution in [0.5, 0.6) is 5.75 Å². The fourth-order valence-electron chi connectivity index (χ4n) is 2.18. The molecule has 0 bridgehead atoms. The number of methoxy groups -OCH3 is 1. The van der Waals surface area contributed by atoms with Crippen LogP contribution in [0.25, 0.3) is 0 Å². The number of anilines is 1. The summed E-state index contributed by atoms with van der Waals surface area (Å²) in [6.45, 7) is 1.62. The standard InChI is InChI=1S/C17H17ClF2N2O2/c1-10(13-5-4-12(19)8-14(13)20)21-9-17(23)22-15-7-11(18)3-6-16(15)24-2/h3-8,10,21H,9H2,1-2H3,(H,22,23)/t10-/m1/s1. The Morgan fingerprint density at radius 3 is 2.67 bits per heavy atom. The van der Waals surface area contributed by atoms with Crippen LogP contribution < -0.4 is 15.4 Å². The van der Waals surface area contributed by atoms with E-state index >= 15 is 0 Å². The van der Waals surface area contributed by atoms with Gasteiger partial charge in [-0.2, -0.15) is 0 Å². The highest BCUT2D eigenvalue weighted by atomic mass is 35.5. The molecule has 7 heteroatoms. The van der Waals surface area contributed by atoms with Crippen LogP contribution in [-0.2, 0) is 4.79 Å². The summed E-state index contributed by atoms with van der Waals surface area (Å²) in [4.78, 5) is 12.0. The normalized spacial score (nSPS) is 11.9. The van der Waals surface area contributed by atoms with Crippen LogP contribution in [0.4, 0.5) is 14.5 Å². The van der Waals surface area contributed by atoms with Gasteiger partial charge in [-0.25, -0.2) is 8.78 Å². The average molecular weight is 355 g/mol. The lowest BCUT2D eigenvalue weighted by molar-refractivity contribution is -0.115. The molecule has 0 unspecified atom stereocenters. The van der Waals surface area contributed by atoms with Crippen molar-refractivity contribution >= 4 is 23.2 Å². The number of carbonyl (C=O) groups is 1. The zero-order chi connectivity index (χ0) is 17.7. The first-order valence-electron chi connectivity index (χ1n) is 7.22. The van der Waals surface area contributed by atoms with Crippen molar-refractivity contribution < 1.29 is 18.3 Å². The van der Waals surface area contributed by atoms with Crippen LogP contribution in [0.2, 0.25) is 5.02 Å². The lowest BCUT2D eigenvalue weighted by Crippen LogP contribution is -2.30. The summed E-state index contributed by atoms with van der Waals surface area (Å²) in [6, 6.07) is 7.73. The lowest BCUT2D eigenvalue weighted by Gasteiger charge is -2.16. The molecule has 0 saturated carbocycles. The summed E-state index contributed by atoms with van der Waals surface area (Å²) in [5.74, 6) is -1.17. The van der Waals surface area contributed by atoms with E-state index in [2.05, 4.69) is 10.6 Å². The van der Waals surface area contributed by atoms with Crippen molar-refractivity contribution in [3.05, 3.63) is 58.6 Å². The van der Waals surface area contributed by atoms with Gasteiger partial charge in [-0.15, -0.1) is 0 Å². The Kier molecular flexibility index (Phi) is 6.11. The van der Waals surface area contributed by atoms with Crippen molar-refractivity contribution in [1.82, 2.24) is 5.32 Å². The molecule has 0 aliphatic carbocycles. The highest BCUT2D eigenvalue weighted by Gasteiger charge is 2.14. The zero-order valence-electron chi connectivity index (χ0n) is 13.2. The maximum atomic E-state index is 13.7. The Labute approximate surface area is 143 Å². The number of rotatable bonds is 6. The van der Waals surface area contributed by atoms with Gasteiger partial charge in [0.05, 0.1) is 19.3 Å². The SMILES string of the molecule is COc1ccc(Cl)cc1NC(=O)CN[C@H](C)c1ccc(F)cc1F. The van der Waals surface area contributed by atoms with E-state index in [1.165, 1.54) is 19.2 Å². The third kappa shape index (κ3) is 4.66. The maximum absolute atomic E-state index is 13.7. The molecule has 0 heterocycles. The Morgan fingerprint density at radius 2 is 2.00 bits per heavy atom. The van der Waals surface area contributed by atoms with Crippen LogP contribution in [0, 0.1) is 11.6 Å². The molecule has 0 radical (unpaired) electrons. The van der Waals surface area contributed by atoms with Gasteiger partial charge < -0.3 is 15.4 Å². The minimum absolute atomic E-state index is 0.0619. The number of halogens is 3. The summed E-state index contributed by atoms with van der Waals surface area (Å²) in [6.07, 6.45) is 0. The van der Waals surface area contributed by atoms with Crippen molar-refractivity contribution in [3.8, 4) is 5.75 Å². The second-order valence-electron chi connectivity index (χ2n) is 5.16. The average Bonchev–Trinajstić information content (AvgIpc) is 2.53. The summed E-state index contributed by atoms with van der Waals surface area (Å²) >= 11 is 5.90. The van der Waals surface area contributed by atoms with Gasteiger partial charge in [-0.05, 0) is 31.2 Å². The molecule has 0 fully saturated rings. The van der Waals surface area contributed by atoms with E-state index in [0.29, 0.717) is 16.5 Å². The van der Waals surface area contributed by atoms with Crippen LogP contribution >= 0.6 is 11.6 Å². The summed E-state index contributed by atoms with van der Waals surface area (Å²) < 4.78 is 31.8. The van der Waals surface area contributed by atoms with Gasteiger partial charge >= 0.3 is 0 Å². The van der Waals surface area contributed by atoms with E-state index in [9.17, 15) is 13.6 Å². The number of hydrogen-bond acceptors (Lipinski definition) is 3. The smallest absolute Gasteiger partial charge is 0.238 e. The third-order valence-corrected chi connectivity index (χ3v) is 3.67. The number of amides is 1. The van der Waals surface area contributed by atoms with E-state index in [1.54, 1.807) is 25.1 Å². The van der Waals surface area contributed by atoms with Crippen LogP contribution in [0.1, 0.15) is 18.5 Å². The highest BCUT2D eigenvalue weighted by molar-refractivity contribution is 6.31. The molecular weight excluding hydrogens is 338 g/mol. The predicted molar refractivity (Wildman–Crippen MR) is 89.4 cm³/mol. The molecule has 0 aliphatic rings. The molecule has 0 saturated heterocycles. The first-order chi connectivity index (χ1) is 11.4. The monoisotopic (exact) mass is 354 g/mol. The molecule has 2 rings (SSSR count). The van der Waals surface area contributed by atoms with Crippen LogP contribution in [0.15, 0.2) is 36.4 Å². The van der Waals surface area contributed by atoms with Gasteiger partial charge in [0.25, 0.3) is 0 Å². The van der Waals surface area contributed by atoms with Gasteiger partial charge in [0.2, 0.25) is 5.91 Å². The maximum Gasteiger partial charge on any atom is 0.238 e. The van der Waals surface area contributed by atoms with Crippen LogP contribution in [-0.4, -0.2) is 19.6 Å². The Balaban J connectivity index is 1.97. The highest BCUT2D eigenvalue weighted by Crippen LogP contribution is 2.27. The molecular formula is C17H17ClF2N2O2. The van der Waals surface area contributed by atoms with Crippen molar-refractivity contribution in [2.24, 2.45) is 0 Å². The van der Waals surface area contributed by atoms with E-state index < -0.39 is 17.7 Å². The molecule has 2 N–H and O–H groups in total. The summed E-state index contributed by atoms with van der Waals surface area (Å²) in [5.41, 5.74) is 0.724. The fraction of sp³-hybridized carbons (Fsp3) is 0.235. The molecule has 1 atom stereocenters. The summed E-state index contributed by atoms with van der Waals surface area (Å²) in [5, 5.41) is 6.01. The number of hydrogen-bond donors (Lipinski definition) is 2. The largest absolute Gasteiger partial charge is 0.495 e. The molecule has 1 amide bonds. The van der Waals surface area contributed by atoms with E-state index in [0.717, 1.165) is 6.07 Å². The number of carbonyl (C=O) groups excluding carboxylic acids is 1. The zero-order valence-corrected chi connectivity index (χ0v) is 14.0. The Morgan fingerprint density at radius 1 is 1.25 bits per heavy atom. The van der Waals surface area contributed by atoms with Crippen molar-refractivity contribution in [1.29, 1.82) is 0 Å². The summed E-state index contributed by atoms with van der Waals surface area (Å²) in [7, 11) is 1.48. The predicted octanol–water partition coefficient (Wildman–Crippen LogP) is 3.92. The minimum Gasteiger partial charge on any atom is -0.495 e. The Bertz CT molecular complexity index is 741. The third-order valence-electron chi connectivity index (χ3n) is 3.43. The quantitative estimate of drug-likeness (QED) is 0.826. The molecule has 0 aliphatic heterocycles. The lowest BCUT2D eigenvalue weighted by atomic mass is 10.1. The molecule has 2 aromatic carbocycles. The minimum atomic E-state index is -0.660. The van der Waals surface area contributed by atoms with Gasteiger partial charge in [0.15, 0.2) is 0 Å². The molecule has 0 spiro atoms. The molecule has 2 aromatic rings. The number of nitrogens with one attached hydrogen (secondary N) is 2. The first kappa shape index (κ1) is 18.2. The van der Waals surface area contributed by atoms with Gasteiger partial charge in [-0.3, -0.25) is 4.79 Å². The van der Waals surface area contributed by atoms with Gasteiger partial charge in [0, 0.05) is 22.7 Å². The van der Waals surface area contributed by atoms with Crippen molar-refractivity contribution in [2.75, 3.05) is 19.0 Å². The second-order valence-corrected chi connectivity index (χ2v) is 5.60. The van der Waals surface area contributed by atoms with Crippen molar-refractivity contribution in [2.45, 2.75) is 13.0 Å². The van der Waals surface area contributed by atoms with Gasteiger partial charge in [0.1, 0.15) is 17.4 Å². The van der Waals surface area contributed by atoms with E-state index in [-0.39, 0.29) is 18.0 Å². The number of ether oxygens (including phenoxy) is 1. The molecule has 0 aromatic heterocycles. The molecule has 24 heavy (non-hydrogen) atoms. The number of benzene rings is 2. The first-order valence-corrected chi connectivity index (χ1v) is 7.60. The van der Waals surface area contributed by atoms with E-state index in [4.69, 9.17) is 16.3 Å². The van der Waals surface area contributed by atoms with Crippen LogP contribution in [0.3, 0.4) is 0 Å². The topological polar surface area (TPSA) is 50.4 Å². The van der Waals surface area contributed by atoms with Crippen molar-refractivity contribution in [3.63, 3.8) is 0 Å². The molecule has 128 valence electrons. The van der Waals surface area contributed by atoms with Gasteiger partial charge in [-0.1, -0.05) is 17.7 Å².